The molecule has 2 N–H and O–H groups in total. The Kier molecular flexibility index (Phi) is 6.68. The average molecular weight is 385 g/mol. The number of rotatable bonds is 7. The van der Waals surface area contributed by atoms with Gasteiger partial charge in [-0.15, -0.1) is 0 Å². The van der Waals surface area contributed by atoms with Gasteiger partial charge in [-0.05, 0) is 56.7 Å². The normalized spacial score (nSPS) is 19.1. The zero-order chi connectivity index (χ0) is 19.9. The zero-order valence-electron chi connectivity index (χ0n) is 16.4. The first kappa shape index (κ1) is 19.9. The fourth-order valence-electron chi connectivity index (χ4n) is 3.54. The Morgan fingerprint density at radius 2 is 1.75 bits per heavy atom. The highest BCUT2D eigenvalue weighted by Crippen LogP contribution is 2.29. The van der Waals surface area contributed by atoms with Gasteiger partial charge in [0.05, 0.1) is 7.11 Å². The van der Waals surface area contributed by atoms with Crippen LogP contribution in [0.5, 0.6) is 5.75 Å². The first-order valence-corrected chi connectivity index (χ1v) is 9.70. The number of carbonyl (C=O) groups excluding carboxylic acids is 2. The molecule has 0 radical (unpaired) electrons. The van der Waals surface area contributed by atoms with Crippen molar-refractivity contribution in [3.05, 3.63) is 41.7 Å². The molecule has 28 heavy (non-hydrogen) atoms. The summed E-state index contributed by atoms with van der Waals surface area (Å²) >= 11 is 0. The van der Waals surface area contributed by atoms with Crippen LogP contribution in [0.1, 0.15) is 37.0 Å². The molecule has 2 aromatic rings. The fraction of sp³-hybridized carbons (Fsp3) is 0.476. The zero-order valence-corrected chi connectivity index (χ0v) is 16.4. The molecule has 0 aliphatic heterocycles. The number of hydrogen-bond donors (Lipinski definition) is 2. The van der Waals surface area contributed by atoms with Crippen molar-refractivity contribution < 1.29 is 18.8 Å². The summed E-state index contributed by atoms with van der Waals surface area (Å²) in [5.74, 6) is 1.86. The van der Waals surface area contributed by atoms with E-state index in [0.717, 1.165) is 30.6 Å². The molecule has 7 heteroatoms. The molecule has 3 rings (SSSR count). The number of methoxy groups -OCH3 is 1. The lowest BCUT2D eigenvalue weighted by Gasteiger charge is -2.26. The Balaban J connectivity index is 1.37. The van der Waals surface area contributed by atoms with Crippen molar-refractivity contribution in [3.8, 4) is 5.75 Å². The molecular formula is C21H27N3O4. The highest BCUT2D eigenvalue weighted by Gasteiger charge is 2.30. The van der Waals surface area contributed by atoms with Gasteiger partial charge in [-0.1, -0.05) is 17.3 Å². The molecule has 1 aliphatic carbocycles. The Labute approximate surface area is 164 Å². The van der Waals surface area contributed by atoms with Crippen LogP contribution in [0.15, 0.2) is 34.9 Å². The van der Waals surface area contributed by atoms with Gasteiger partial charge >= 0.3 is 0 Å². The predicted octanol–water partition coefficient (Wildman–Crippen LogP) is 3.10. The van der Waals surface area contributed by atoms with E-state index in [4.69, 9.17) is 9.26 Å². The first-order valence-electron chi connectivity index (χ1n) is 9.70. The molecule has 1 aromatic carbocycles. The summed E-state index contributed by atoms with van der Waals surface area (Å²) < 4.78 is 10.1. The van der Waals surface area contributed by atoms with Crippen molar-refractivity contribution in [2.24, 2.45) is 11.8 Å². The number of anilines is 1. The van der Waals surface area contributed by atoms with Crippen molar-refractivity contribution in [1.29, 1.82) is 0 Å². The van der Waals surface area contributed by atoms with Crippen molar-refractivity contribution >= 4 is 17.6 Å². The van der Waals surface area contributed by atoms with Crippen molar-refractivity contribution in [1.82, 2.24) is 10.5 Å². The summed E-state index contributed by atoms with van der Waals surface area (Å²) in [5.41, 5.74) is 1.16. The number of nitrogens with one attached hydrogen (secondary N) is 2. The maximum atomic E-state index is 12.4. The maximum absolute atomic E-state index is 12.4. The van der Waals surface area contributed by atoms with Crippen LogP contribution in [0.3, 0.4) is 0 Å². The van der Waals surface area contributed by atoms with E-state index in [1.807, 2.05) is 24.3 Å². The van der Waals surface area contributed by atoms with Gasteiger partial charge in [-0.2, -0.15) is 0 Å². The smallest absolute Gasteiger partial charge is 0.228 e. The third kappa shape index (κ3) is 5.34. The lowest BCUT2D eigenvalue weighted by molar-refractivity contribution is -0.128. The molecular weight excluding hydrogens is 358 g/mol. The van der Waals surface area contributed by atoms with E-state index in [9.17, 15) is 9.59 Å². The predicted molar refractivity (Wildman–Crippen MR) is 105 cm³/mol. The molecule has 1 heterocycles. The number of hydrogen-bond acceptors (Lipinski definition) is 5. The van der Waals surface area contributed by atoms with Crippen molar-refractivity contribution in [2.75, 3.05) is 19.0 Å². The minimum atomic E-state index is -0.0830. The lowest BCUT2D eigenvalue weighted by atomic mass is 9.81. The van der Waals surface area contributed by atoms with Crippen LogP contribution < -0.4 is 15.4 Å². The van der Waals surface area contributed by atoms with Gasteiger partial charge in [0.1, 0.15) is 11.5 Å². The second-order valence-electron chi connectivity index (χ2n) is 7.25. The molecule has 0 saturated heterocycles. The Morgan fingerprint density at radius 1 is 1.11 bits per heavy atom. The van der Waals surface area contributed by atoms with Crippen LogP contribution in [0.25, 0.3) is 0 Å². The van der Waals surface area contributed by atoms with E-state index >= 15 is 0 Å². The van der Waals surface area contributed by atoms with E-state index in [1.54, 1.807) is 20.1 Å². The van der Waals surface area contributed by atoms with Crippen LogP contribution in [-0.4, -0.2) is 30.6 Å². The number of nitrogens with zero attached hydrogens (tertiary/aromatic N) is 1. The monoisotopic (exact) mass is 385 g/mol. The molecule has 1 aromatic heterocycles. The minimum absolute atomic E-state index is 0.0192. The molecule has 0 bridgehead atoms. The van der Waals surface area contributed by atoms with Gasteiger partial charge in [0.15, 0.2) is 5.82 Å². The highest BCUT2D eigenvalue weighted by atomic mass is 16.5. The van der Waals surface area contributed by atoms with E-state index in [2.05, 4.69) is 15.8 Å². The van der Waals surface area contributed by atoms with Crippen molar-refractivity contribution in [2.45, 2.75) is 39.0 Å². The molecule has 0 spiro atoms. The first-order chi connectivity index (χ1) is 13.5. The number of ether oxygens (including phenoxy) is 1. The van der Waals surface area contributed by atoms with Gasteiger partial charge in [0, 0.05) is 24.4 Å². The third-order valence-corrected chi connectivity index (χ3v) is 5.22. The van der Waals surface area contributed by atoms with Gasteiger partial charge in [-0.25, -0.2) is 0 Å². The highest BCUT2D eigenvalue weighted by molar-refractivity contribution is 5.91. The molecule has 1 fully saturated rings. The average Bonchev–Trinajstić information content (AvgIpc) is 3.13. The largest absolute Gasteiger partial charge is 0.497 e. The van der Waals surface area contributed by atoms with Gasteiger partial charge in [0.2, 0.25) is 11.8 Å². The number of amides is 2. The SMILES string of the molecule is COc1ccc(CCNC(=O)C2CCC(C(=O)Nc3cc(C)on3)CC2)cc1. The van der Waals surface area contributed by atoms with E-state index in [1.165, 1.54) is 0 Å². The third-order valence-electron chi connectivity index (χ3n) is 5.22. The number of benzene rings is 1. The molecule has 1 aliphatic rings. The van der Waals surface area contributed by atoms with Crippen LogP contribution in [-0.2, 0) is 16.0 Å². The van der Waals surface area contributed by atoms with Crippen molar-refractivity contribution in [3.63, 3.8) is 0 Å². The van der Waals surface area contributed by atoms with Crippen LogP contribution in [0.4, 0.5) is 5.82 Å². The quantitative estimate of drug-likeness (QED) is 0.764. The maximum Gasteiger partial charge on any atom is 0.228 e. The lowest BCUT2D eigenvalue weighted by Crippen LogP contribution is -2.36. The molecule has 7 nitrogen and oxygen atoms in total. The Bertz CT molecular complexity index is 792. The minimum Gasteiger partial charge on any atom is -0.497 e. The van der Waals surface area contributed by atoms with Crippen LogP contribution in [0.2, 0.25) is 0 Å². The van der Waals surface area contributed by atoms with Crippen LogP contribution >= 0.6 is 0 Å². The summed E-state index contributed by atoms with van der Waals surface area (Å²) in [5, 5.41) is 9.59. The second kappa shape index (κ2) is 9.39. The summed E-state index contributed by atoms with van der Waals surface area (Å²) in [7, 11) is 1.64. The second-order valence-corrected chi connectivity index (χ2v) is 7.25. The standard InChI is InChI=1S/C21H27N3O4/c1-14-13-19(24-28-14)23-21(26)17-7-5-16(6-8-17)20(25)22-12-11-15-3-9-18(27-2)10-4-15/h3-4,9-10,13,16-17H,5-8,11-12H2,1-2H3,(H,22,25)(H,23,24,26). The van der Waals surface area contributed by atoms with Crippen LogP contribution in [0, 0.1) is 18.8 Å². The van der Waals surface area contributed by atoms with Gasteiger partial charge < -0.3 is 19.9 Å². The topological polar surface area (TPSA) is 93.5 Å². The summed E-state index contributed by atoms with van der Waals surface area (Å²) in [6.07, 6.45) is 3.65. The van der Waals surface area contributed by atoms with Gasteiger partial charge in [-0.3, -0.25) is 9.59 Å². The molecule has 0 unspecified atom stereocenters. The Morgan fingerprint density at radius 3 is 2.32 bits per heavy atom. The fourth-order valence-corrected chi connectivity index (χ4v) is 3.54. The summed E-state index contributed by atoms with van der Waals surface area (Å²) in [6.45, 7) is 2.39. The van der Waals surface area contributed by atoms with Gasteiger partial charge in [0.25, 0.3) is 0 Å². The number of aromatic nitrogens is 1. The Hall–Kier alpha value is -2.83. The molecule has 2 amide bonds. The molecule has 1 saturated carbocycles. The molecule has 150 valence electrons. The number of carbonyl (C=O) groups is 2. The van der Waals surface area contributed by atoms with E-state index < -0.39 is 0 Å². The molecule has 0 atom stereocenters. The van der Waals surface area contributed by atoms with E-state index in [0.29, 0.717) is 31.0 Å². The summed E-state index contributed by atoms with van der Waals surface area (Å²) in [6, 6.07) is 9.55. The number of aryl methyl sites for hydroxylation is 1. The van der Waals surface area contributed by atoms with E-state index in [-0.39, 0.29) is 23.7 Å². The summed E-state index contributed by atoms with van der Waals surface area (Å²) in [4.78, 5) is 24.7.